The molecule has 0 aliphatic carbocycles. The number of halogens is 2. The van der Waals surface area contributed by atoms with E-state index in [1.807, 2.05) is 0 Å². The number of rotatable bonds is 3. The van der Waals surface area contributed by atoms with Crippen LogP contribution in [0, 0.1) is 0 Å². The van der Waals surface area contributed by atoms with E-state index in [9.17, 15) is 13.2 Å². The summed E-state index contributed by atoms with van der Waals surface area (Å²) in [5.41, 5.74) is 0. The third-order valence-electron chi connectivity index (χ3n) is 0.542. The van der Waals surface area contributed by atoms with Gasteiger partial charge in [-0.05, 0) is 11.6 Å². The molecule has 0 aromatic rings. The van der Waals surface area contributed by atoms with Crippen molar-refractivity contribution in [2.24, 2.45) is 0 Å². The van der Waals surface area contributed by atoms with Crippen molar-refractivity contribution < 1.29 is 13.2 Å². The van der Waals surface area contributed by atoms with Crippen molar-refractivity contribution in [2.45, 2.75) is 6.42 Å². The lowest BCUT2D eigenvalue weighted by Crippen LogP contribution is -2.00. The highest BCUT2D eigenvalue weighted by Crippen LogP contribution is 2.00. The first-order valence-corrected chi connectivity index (χ1v) is 4.88. The van der Waals surface area contributed by atoms with Crippen molar-refractivity contribution in [3.8, 4) is 0 Å². The lowest BCUT2D eigenvalue weighted by atomic mass is 10.6. The second kappa shape index (κ2) is 3.39. The van der Waals surface area contributed by atoms with Crippen LogP contribution in [-0.2, 0) is 13.8 Å². The fraction of sp³-hybridized carbons (Fsp3) is 0.667. The maximum Gasteiger partial charge on any atom is 0.233 e. The first-order chi connectivity index (χ1) is 3.92. The molecule has 0 saturated heterocycles. The van der Waals surface area contributed by atoms with Crippen LogP contribution in [0.15, 0.2) is 0 Å². The van der Waals surface area contributed by atoms with Crippen LogP contribution in [0.5, 0.6) is 0 Å². The third-order valence-corrected chi connectivity index (χ3v) is 1.89. The van der Waals surface area contributed by atoms with Crippen molar-refractivity contribution in [3.63, 3.8) is 0 Å². The topological polar surface area (TPSA) is 51.2 Å². The van der Waals surface area contributed by atoms with Gasteiger partial charge in [-0.2, -0.15) is 0 Å². The molecule has 0 aromatic carbocycles. The summed E-state index contributed by atoms with van der Waals surface area (Å²) in [6.45, 7) is 0. The first-order valence-electron chi connectivity index (χ1n) is 2.02. The van der Waals surface area contributed by atoms with Crippen molar-refractivity contribution in [1.29, 1.82) is 0 Å². The number of carbonyl (C=O) groups is 1. The molecule has 0 aromatic heterocycles. The molecular weight excluding hydrogens is 187 g/mol. The summed E-state index contributed by atoms with van der Waals surface area (Å²) in [6, 6.07) is 0. The Kier molecular flexibility index (Phi) is 3.46. The minimum atomic E-state index is -3.55. The van der Waals surface area contributed by atoms with E-state index in [2.05, 4.69) is 0 Å². The normalized spacial score (nSPS) is 11.3. The molecule has 0 heterocycles. The number of carbonyl (C=O) groups excluding carboxylic acids is 1. The number of hydrogen-bond donors (Lipinski definition) is 0. The highest BCUT2D eigenvalue weighted by Gasteiger charge is 2.06. The fourth-order valence-electron chi connectivity index (χ4n) is 0.202. The minimum absolute atomic E-state index is 0.229. The molecule has 0 aliphatic heterocycles. The zero-order chi connectivity index (χ0) is 7.49. The summed E-state index contributed by atoms with van der Waals surface area (Å²) in [6.07, 6.45) is -0.229. The maximum absolute atomic E-state index is 10.1. The highest BCUT2D eigenvalue weighted by atomic mass is 35.7. The van der Waals surface area contributed by atoms with Crippen molar-refractivity contribution in [3.05, 3.63) is 0 Å². The SMILES string of the molecule is O=C(Cl)CCS(=O)(=O)Cl. The molecule has 0 aliphatic rings. The van der Waals surface area contributed by atoms with Crippen LogP contribution in [0.4, 0.5) is 0 Å². The van der Waals surface area contributed by atoms with Crippen LogP contribution >= 0.6 is 22.3 Å². The van der Waals surface area contributed by atoms with Crippen LogP contribution in [0.1, 0.15) is 6.42 Å². The van der Waals surface area contributed by atoms with Crippen LogP contribution in [0.25, 0.3) is 0 Å². The molecule has 0 amide bonds. The van der Waals surface area contributed by atoms with Gasteiger partial charge in [0.25, 0.3) is 0 Å². The van der Waals surface area contributed by atoms with E-state index in [4.69, 9.17) is 22.3 Å². The van der Waals surface area contributed by atoms with Crippen molar-refractivity contribution in [1.82, 2.24) is 0 Å². The van der Waals surface area contributed by atoms with Crippen LogP contribution in [-0.4, -0.2) is 19.4 Å². The van der Waals surface area contributed by atoms with Gasteiger partial charge in [0.05, 0.1) is 5.75 Å². The molecule has 0 bridgehead atoms. The largest absolute Gasteiger partial charge is 0.281 e. The zero-order valence-corrected chi connectivity index (χ0v) is 6.63. The Morgan fingerprint density at radius 3 is 2.00 bits per heavy atom. The summed E-state index contributed by atoms with van der Waals surface area (Å²) >= 11 is 4.82. The molecule has 0 radical (unpaired) electrons. The smallest absolute Gasteiger partial charge is 0.233 e. The van der Waals surface area contributed by atoms with Crippen LogP contribution in [0.2, 0.25) is 0 Å². The Balaban J connectivity index is 3.67. The summed E-state index contributed by atoms with van der Waals surface area (Å²) in [4.78, 5) is 9.93. The lowest BCUT2D eigenvalue weighted by molar-refractivity contribution is -0.111. The molecule has 0 rings (SSSR count). The van der Waals surface area contributed by atoms with E-state index in [1.54, 1.807) is 0 Å². The van der Waals surface area contributed by atoms with Crippen LogP contribution in [0.3, 0.4) is 0 Å². The molecule has 9 heavy (non-hydrogen) atoms. The molecular formula is C3H4Cl2O3S. The average Bonchev–Trinajstić information content (AvgIpc) is 1.59. The first kappa shape index (κ1) is 9.20. The van der Waals surface area contributed by atoms with E-state index in [-0.39, 0.29) is 6.42 Å². The Hall–Kier alpha value is 0.200. The Morgan fingerprint density at radius 1 is 1.44 bits per heavy atom. The van der Waals surface area contributed by atoms with Gasteiger partial charge in [0.1, 0.15) is 0 Å². The van der Waals surface area contributed by atoms with Crippen molar-refractivity contribution >= 4 is 36.6 Å². The van der Waals surface area contributed by atoms with Gasteiger partial charge in [-0.25, -0.2) is 8.42 Å². The molecule has 0 spiro atoms. The second-order valence-corrected chi connectivity index (χ2v) is 4.67. The molecule has 54 valence electrons. The predicted octanol–water partition coefficient (Wildman–Crippen LogP) is 0.711. The Morgan fingerprint density at radius 2 is 1.89 bits per heavy atom. The standard InChI is InChI=1S/C3H4Cl2O3S/c4-3(6)1-2-9(5,7)8/h1-2H2. The van der Waals surface area contributed by atoms with Gasteiger partial charge in [-0.1, -0.05) is 0 Å². The molecule has 0 unspecified atom stereocenters. The third kappa shape index (κ3) is 8.20. The van der Waals surface area contributed by atoms with E-state index in [1.165, 1.54) is 0 Å². The highest BCUT2D eigenvalue weighted by molar-refractivity contribution is 8.13. The Labute approximate surface area is 62.4 Å². The van der Waals surface area contributed by atoms with E-state index in [0.29, 0.717) is 0 Å². The molecule has 0 atom stereocenters. The summed E-state index contributed by atoms with van der Waals surface area (Å²) in [5.74, 6) is -0.392. The van der Waals surface area contributed by atoms with E-state index >= 15 is 0 Å². The summed E-state index contributed by atoms with van der Waals surface area (Å²) in [5, 5.41) is -0.695. The van der Waals surface area contributed by atoms with Gasteiger partial charge in [0.2, 0.25) is 14.3 Å². The summed E-state index contributed by atoms with van der Waals surface area (Å²) in [7, 11) is 1.19. The minimum Gasteiger partial charge on any atom is -0.281 e. The van der Waals surface area contributed by atoms with E-state index in [0.717, 1.165) is 0 Å². The van der Waals surface area contributed by atoms with Gasteiger partial charge in [0, 0.05) is 17.1 Å². The summed E-state index contributed by atoms with van der Waals surface area (Å²) < 4.78 is 20.2. The van der Waals surface area contributed by atoms with Gasteiger partial charge < -0.3 is 0 Å². The van der Waals surface area contributed by atoms with Gasteiger partial charge >= 0.3 is 0 Å². The van der Waals surface area contributed by atoms with Gasteiger partial charge in [-0.3, -0.25) is 4.79 Å². The average molecular weight is 191 g/mol. The van der Waals surface area contributed by atoms with Crippen molar-refractivity contribution in [2.75, 3.05) is 5.75 Å². The van der Waals surface area contributed by atoms with Gasteiger partial charge in [-0.15, -0.1) is 0 Å². The molecule has 0 saturated carbocycles. The molecule has 3 nitrogen and oxygen atoms in total. The molecule has 6 heteroatoms. The quantitative estimate of drug-likeness (QED) is 0.617. The predicted molar refractivity (Wildman–Crippen MR) is 35.1 cm³/mol. The Bertz CT molecular complexity index is 195. The van der Waals surface area contributed by atoms with Gasteiger partial charge in [0.15, 0.2) is 0 Å². The second-order valence-electron chi connectivity index (χ2n) is 1.35. The fourth-order valence-corrected chi connectivity index (χ4v) is 1.07. The number of hydrogen-bond acceptors (Lipinski definition) is 3. The van der Waals surface area contributed by atoms with Crippen LogP contribution < -0.4 is 0 Å². The maximum atomic E-state index is 10.1. The monoisotopic (exact) mass is 190 g/mol. The zero-order valence-electron chi connectivity index (χ0n) is 4.30. The molecule has 0 N–H and O–H groups in total. The lowest BCUT2D eigenvalue weighted by Gasteiger charge is -1.87. The molecule has 0 fully saturated rings. The van der Waals surface area contributed by atoms with E-state index < -0.39 is 20.0 Å².